The third-order valence-electron chi connectivity index (χ3n) is 7.47. The van der Waals surface area contributed by atoms with Crippen LogP contribution in [0, 0.1) is 22.7 Å². The zero-order valence-electron chi connectivity index (χ0n) is 23.9. The van der Waals surface area contributed by atoms with E-state index in [1.165, 1.54) is 4.90 Å². The van der Waals surface area contributed by atoms with E-state index in [1.54, 1.807) is 41.5 Å². The molecule has 2 fully saturated rings. The first-order valence-corrected chi connectivity index (χ1v) is 13.1. The van der Waals surface area contributed by atoms with Gasteiger partial charge in [0, 0.05) is 18.5 Å². The lowest BCUT2D eigenvalue weighted by Crippen LogP contribution is -2.62. The van der Waals surface area contributed by atoms with Crippen LogP contribution in [0.4, 0.5) is 18.0 Å². The zero-order valence-corrected chi connectivity index (χ0v) is 23.9. The molecular formula is C26H42F3N5O5. The largest absolute Gasteiger partial charge is 0.389 e. The first-order valence-electron chi connectivity index (χ1n) is 13.1. The van der Waals surface area contributed by atoms with Crippen molar-refractivity contribution in [3.05, 3.63) is 0 Å². The number of carbonyl (C=O) groups excluding carboxylic acids is 5. The molecule has 0 radical (unpaired) electrons. The van der Waals surface area contributed by atoms with Gasteiger partial charge in [0.05, 0.1) is 6.04 Å². The van der Waals surface area contributed by atoms with Gasteiger partial charge in [-0.1, -0.05) is 34.6 Å². The zero-order chi connectivity index (χ0) is 30.3. The van der Waals surface area contributed by atoms with Crippen LogP contribution in [0.2, 0.25) is 0 Å². The number of hydrogen-bond acceptors (Lipinski definition) is 5. The van der Waals surface area contributed by atoms with E-state index in [0.29, 0.717) is 0 Å². The predicted octanol–water partition coefficient (Wildman–Crippen LogP) is 2.25. The molecule has 5 N–H and O–H groups in total. The Morgan fingerprint density at radius 3 is 2.03 bits per heavy atom. The molecule has 1 saturated carbocycles. The summed E-state index contributed by atoms with van der Waals surface area (Å²) in [6.45, 7) is 14.8. The molecule has 1 saturated heterocycles. The molecule has 1 aliphatic carbocycles. The Kier molecular flexibility index (Phi) is 9.09. The molecule has 2 aliphatic rings. The third kappa shape index (κ3) is 8.07. The summed E-state index contributed by atoms with van der Waals surface area (Å²) in [5, 5.41) is 7.88. The van der Waals surface area contributed by atoms with Crippen LogP contribution in [0.1, 0.15) is 74.7 Å². The van der Waals surface area contributed by atoms with E-state index in [9.17, 15) is 37.1 Å². The van der Waals surface area contributed by atoms with Gasteiger partial charge in [0.2, 0.25) is 17.6 Å². The van der Waals surface area contributed by atoms with E-state index in [1.807, 2.05) is 13.8 Å². The number of amides is 5. The molecular weight excluding hydrogens is 519 g/mol. The molecule has 39 heavy (non-hydrogen) atoms. The number of nitrogens with zero attached hydrogens (tertiary/aromatic N) is 1. The van der Waals surface area contributed by atoms with E-state index in [4.69, 9.17) is 5.73 Å². The van der Waals surface area contributed by atoms with E-state index in [-0.39, 0.29) is 23.8 Å². The Hall–Kier alpha value is -2.86. The minimum absolute atomic E-state index is 0.0308. The van der Waals surface area contributed by atoms with Gasteiger partial charge in [0.1, 0.15) is 12.1 Å². The number of hydrogen-bond donors (Lipinski definition) is 4. The Labute approximate surface area is 227 Å². The van der Waals surface area contributed by atoms with Gasteiger partial charge in [0.25, 0.3) is 5.91 Å². The number of Topliss-reactive ketones (excluding diaryl/α,β-unsaturated/α-hetero) is 1. The Bertz CT molecular complexity index is 999. The molecule has 0 bridgehead atoms. The number of likely N-dealkylation sites (tertiary alicyclic amines) is 1. The van der Waals surface area contributed by atoms with Crippen molar-refractivity contribution in [2.75, 3.05) is 6.54 Å². The number of nitrogens with two attached hydrogens (primary N) is 1. The number of alkyl halides is 3. The van der Waals surface area contributed by atoms with Gasteiger partial charge in [-0.15, -0.1) is 0 Å². The van der Waals surface area contributed by atoms with E-state index in [0.717, 1.165) is 0 Å². The van der Waals surface area contributed by atoms with Crippen molar-refractivity contribution >= 4 is 29.5 Å². The van der Waals surface area contributed by atoms with Crippen LogP contribution < -0.4 is 21.7 Å². The molecule has 222 valence electrons. The van der Waals surface area contributed by atoms with Gasteiger partial charge < -0.3 is 26.6 Å². The van der Waals surface area contributed by atoms with Crippen LogP contribution in [0.25, 0.3) is 0 Å². The van der Waals surface area contributed by atoms with Gasteiger partial charge in [-0.3, -0.25) is 19.2 Å². The standard InChI is InChI=1S/C26H42F3N5O5/c1-23(2,3)18(32-22(39)33-24(4,5)6)21(38)34-12-13-15(25(13,7)8)16(34)20(37)31-14(17(35)19(30)36)10-9-11-26(27,28)29/h13-16,18H,9-12H2,1-8H3,(H2,30,36)(H,31,37)(H2,32,33,39)/t13-,14?,15-,16?,18+/m0/s1. The average molecular weight is 562 g/mol. The smallest absolute Gasteiger partial charge is 0.363 e. The summed E-state index contributed by atoms with van der Waals surface area (Å²) in [5.74, 6) is -4.13. The molecule has 2 rings (SSSR count). The van der Waals surface area contributed by atoms with E-state index < -0.39 is 84.1 Å². The van der Waals surface area contributed by atoms with E-state index >= 15 is 0 Å². The Morgan fingerprint density at radius 1 is 1.00 bits per heavy atom. The fourth-order valence-electron chi connectivity index (χ4n) is 5.34. The minimum atomic E-state index is -4.47. The summed E-state index contributed by atoms with van der Waals surface area (Å²) >= 11 is 0. The van der Waals surface area contributed by atoms with Crippen LogP contribution in [-0.2, 0) is 19.2 Å². The number of fused-ring (bicyclic) bond motifs is 1. The summed E-state index contributed by atoms with van der Waals surface area (Å²) in [7, 11) is 0. The fourth-order valence-corrected chi connectivity index (χ4v) is 5.34. The molecule has 0 aromatic carbocycles. The topological polar surface area (TPSA) is 151 Å². The molecule has 10 nitrogen and oxygen atoms in total. The van der Waals surface area contributed by atoms with Crippen LogP contribution in [0.15, 0.2) is 0 Å². The summed E-state index contributed by atoms with van der Waals surface area (Å²) in [6.07, 6.45) is -6.62. The van der Waals surface area contributed by atoms with Crippen molar-refractivity contribution in [1.82, 2.24) is 20.9 Å². The SMILES string of the molecule is CC(C)(C)NC(=O)N[C@H](C(=O)N1C[C@H]2[C@@H](C1C(=O)NC(CCCC(F)(F)F)C(=O)C(N)=O)C2(C)C)C(C)(C)C. The molecule has 1 aliphatic heterocycles. The number of primary amides is 1. The summed E-state index contributed by atoms with van der Waals surface area (Å²) in [4.78, 5) is 65.3. The van der Waals surface area contributed by atoms with Crippen molar-refractivity contribution in [3.63, 3.8) is 0 Å². The Balaban J connectivity index is 2.31. The van der Waals surface area contributed by atoms with Crippen LogP contribution in [-0.4, -0.2) is 70.8 Å². The number of ketones is 1. The van der Waals surface area contributed by atoms with Crippen molar-refractivity contribution in [3.8, 4) is 0 Å². The number of nitrogens with one attached hydrogen (secondary N) is 3. The summed E-state index contributed by atoms with van der Waals surface area (Å²) < 4.78 is 38.0. The highest BCUT2D eigenvalue weighted by atomic mass is 19.4. The van der Waals surface area contributed by atoms with Crippen molar-refractivity contribution in [2.24, 2.45) is 28.4 Å². The highest BCUT2D eigenvalue weighted by Crippen LogP contribution is 2.65. The molecule has 0 aromatic rings. The fraction of sp³-hybridized carbons (Fsp3) is 0.808. The van der Waals surface area contributed by atoms with Crippen molar-refractivity contribution < 1.29 is 37.1 Å². The van der Waals surface area contributed by atoms with Crippen LogP contribution in [0.3, 0.4) is 0 Å². The predicted molar refractivity (Wildman–Crippen MR) is 137 cm³/mol. The average Bonchev–Trinajstić information content (AvgIpc) is 3.06. The number of urea groups is 1. The van der Waals surface area contributed by atoms with Crippen molar-refractivity contribution in [2.45, 2.75) is 104 Å². The highest BCUT2D eigenvalue weighted by Gasteiger charge is 2.69. The molecule has 5 amide bonds. The number of halogens is 3. The molecule has 0 spiro atoms. The monoisotopic (exact) mass is 561 g/mol. The van der Waals surface area contributed by atoms with Crippen LogP contribution in [0.5, 0.6) is 0 Å². The number of carbonyl (C=O) groups is 5. The lowest BCUT2D eigenvalue weighted by Gasteiger charge is -2.38. The van der Waals surface area contributed by atoms with Crippen molar-refractivity contribution in [1.29, 1.82) is 0 Å². The second kappa shape index (κ2) is 11.0. The first kappa shape index (κ1) is 32.4. The minimum Gasteiger partial charge on any atom is -0.363 e. The number of piperidine rings is 1. The van der Waals surface area contributed by atoms with Gasteiger partial charge in [-0.2, -0.15) is 13.2 Å². The molecule has 13 heteroatoms. The molecule has 1 heterocycles. The lowest BCUT2D eigenvalue weighted by molar-refractivity contribution is -0.145. The maximum atomic E-state index is 13.8. The summed E-state index contributed by atoms with van der Waals surface area (Å²) in [6, 6.07) is -4.16. The summed E-state index contributed by atoms with van der Waals surface area (Å²) in [5.41, 5.74) is 3.48. The Morgan fingerprint density at radius 2 is 1.56 bits per heavy atom. The molecule has 5 atom stereocenters. The van der Waals surface area contributed by atoms with Gasteiger partial charge in [0.15, 0.2) is 0 Å². The maximum absolute atomic E-state index is 13.8. The normalized spacial score (nSPS) is 23.8. The lowest BCUT2D eigenvalue weighted by atomic mass is 9.85. The second-order valence-electron chi connectivity index (χ2n) is 13.3. The highest BCUT2D eigenvalue weighted by molar-refractivity contribution is 6.37. The van der Waals surface area contributed by atoms with E-state index in [2.05, 4.69) is 16.0 Å². The molecule has 0 aromatic heterocycles. The third-order valence-corrected chi connectivity index (χ3v) is 7.47. The quantitative estimate of drug-likeness (QED) is 0.319. The van der Waals surface area contributed by atoms with Gasteiger partial charge in [-0.25, -0.2) is 4.79 Å². The second-order valence-corrected chi connectivity index (χ2v) is 13.3. The first-order chi connectivity index (χ1) is 17.5. The van der Waals surface area contributed by atoms with Gasteiger partial charge in [-0.05, 0) is 56.3 Å². The van der Waals surface area contributed by atoms with Gasteiger partial charge >= 0.3 is 12.2 Å². The maximum Gasteiger partial charge on any atom is 0.389 e. The van der Waals surface area contributed by atoms with Crippen LogP contribution >= 0.6 is 0 Å². The molecule has 2 unspecified atom stereocenters. The number of rotatable bonds is 9.